The van der Waals surface area contributed by atoms with E-state index in [0.717, 1.165) is 6.54 Å². The number of likely N-dealkylation sites (N-methyl/N-ethyl adjacent to an activating group) is 1. The molecule has 2 heterocycles. The zero-order chi connectivity index (χ0) is 34.2. The average Bonchev–Trinajstić information content (AvgIpc) is 3.29. The van der Waals surface area contributed by atoms with Gasteiger partial charge in [-0.05, 0) is 56.8 Å². The van der Waals surface area contributed by atoms with Crippen LogP contribution in [-0.4, -0.2) is 72.1 Å². The molecule has 0 radical (unpaired) electrons. The quantitative estimate of drug-likeness (QED) is 0.319. The molecule has 1 unspecified atom stereocenters. The molecule has 1 saturated heterocycles. The zero-order valence-electron chi connectivity index (χ0n) is 26.1. The lowest BCUT2D eigenvalue weighted by atomic mass is 9.75. The molecule has 1 aromatic carbocycles. The van der Waals surface area contributed by atoms with Crippen LogP contribution < -0.4 is 10.6 Å². The number of benzene rings is 1. The first kappa shape index (κ1) is 35.3. The lowest BCUT2D eigenvalue weighted by Crippen LogP contribution is -2.46. The lowest BCUT2D eigenvalue weighted by molar-refractivity contribution is -0.137. The molecule has 8 nitrogen and oxygen atoms in total. The molecule has 0 bridgehead atoms. The minimum atomic E-state index is -4.92. The normalized spacial score (nSPS) is 21.0. The maximum Gasteiger partial charge on any atom is 0.416 e. The van der Waals surface area contributed by atoms with Gasteiger partial charge in [-0.1, -0.05) is 31.5 Å². The summed E-state index contributed by atoms with van der Waals surface area (Å²) in [5, 5.41) is 5.51. The smallest absolute Gasteiger partial charge is 0.374 e. The number of rotatable bonds is 9. The third kappa shape index (κ3) is 8.05. The standard InChI is InChI=1S/C32H36ClF5N4O4/c1-18(43)16-42-26(29(45)39-15-22-17-41(5)8-9-46-22)13-25(27(42)30(2,3)23-14-31(4,35)7-6-24(23)33)40-28(44)19-10-20(32(36,37)38)12-21(34)11-19/h6,10-14,22H,7-9,15-17H2,1-5H3,(H,39,45)(H,40,44)/t22-,31?/m0/s1. The summed E-state index contributed by atoms with van der Waals surface area (Å²) in [5.41, 5.74) is -4.77. The maximum absolute atomic E-state index is 15.3. The average molecular weight is 671 g/mol. The number of hydrogen-bond acceptors (Lipinski definition) is 5. The van der Waals surface area contributed by atoms with E-state index in [4.69, 9.17) is 16.3 Å². The first-order valence-electron chi connectivity index (χ1n) is 14.6. The highest BCUT2D eigenvalue weighted by atomic mass is 35.5. The van der Waals surface area contributed by atoms with Crippen molar-refractivity contribution in [2.75, 3.05) is 38.6 Å². The van der Waals surface area contributed by atoms with Gasteiger partial charge in [0.05, 0.1) is 36.2 Å². The number of anilines is 1. The van der Waals surface area contributed by atoms with Gasteiger partial charge in [0.25, 0.3) is 11.8 Å². The monoisotopic (exact) mass is 670 g/mol. The van der Waals surface area contributed by atoms with Crippen molar-refractivity contribution in [3.63, 3.8) is 0 Å². The fraction of sp³-hybridized carbons (Fsp3) is 0.469. The van der Waals surface area contributed by atoms with Crippen LogP contribution in [0.4, 0.5) is 27.6 Å². The van der Waals surface area contributed by atoms with E-state index in [-0.39, 0.29) is 59.6 Å². The SMILES string of the molecule is CC(=O)Cn1c(C(=O)NC[C@H]2CN(C)CCO2)cc(NC(=O)c2cc(F)cc(C(F)(F)F)c2)c1C(C)(C)C1=CC(C)(F)CC=C1Cl. The second kappa shape index (κ2) is 13.3. The second-order valence-electron chi connectivity index (χ2n) is 12.4. The van der Waals surface area contributed by atoms with Gasteiger partial charge in [0.2, 0.25) is 0 Å². The van der Waals surface area contributed by atoms with Crippen LogP contribution in [0.5, 0.6) is 0 Å². The van der Waals surface area contributed by atoms with Gasteiger partial charge < -0.3 is 24.8 Å². The van der Waals surface area contributed by atoms with E-state index < -0.39 is 46.0 Å². The van der Waals surface area contributed by atoms with E-state index in [1.807, 2.05) is 11.9 Å². The van der Waals surface area contributed by atoms with E-state index in [1.165, 1.54) is 36.6 Å². The molecule has 2 aliphatic rings. The summed E-state index contributed by atoms with van der Waals surface area (Å²) < 4.78 is 76.8. The number of ether oxygens (including phenoxy) is 1. The van der Waals surface area contributed by atoms with Crippen molar-refractivity contribution in [1.29, 1.82) is 0 Å². The Kier molecular flexibility index (Phi) is 10.2. The summed E-state index contributed by atoms with van der Waals surface area (Å²) in [6.45, 7) is 7.48. The molecule has 2 atom stereocenters. The van der Waals surface area contributed by atoms with Crippen LogP contribution in [0, 0.1) is 5.82 Å². The molecule has 1 aliphatic heterocycles. The summed E-state index contributed by atoms with van der Waals surface area (Å²) in [7, 11) is 1.91. The van der Waals surface area contributed by atoms with E-state index >= 15 is 4.39 Å². The van der Waals surface area contributed by atoms with Crippen molar-refractivity contribution in [2.45, 2.75) is 64.0 Å². The van der Waals surface area contributed by atoms with Crippen molar-refractivity contribution in [3.8, 4) is 0 Å². The molecule has 4 rings (SSSR count). The summed E-state index contributed by atoms with van der Waals surface area (Å²) in [4.78, 5) is 41.6. The number of allylic oxidation sites excluding steroid dienone is 4. The summed E-state index contributed by atoms with van der Waals surface area (Å²) in [6, 6.07) is 2.69. The number of carbonyl (C=O) groups excluding carboxylic acids is 3. The van der Waals surface area contributed by atoms with Crippen molar-refractivity contribution >= 4 is 34.9 Å². The fourth-order valence-electron chi connectivity index (χ4n) is 5.69. The minimum Gasteiger partial charge on any atom is -0.374 e. The van der Waals surface area contributed by atoms with E-state index in [9.17, 15) is 31.9 Å². The third-order valence-electron chi connectivity index (χ3n) is 7.93. The summed E-state index contributed by atoms with van der Waals surface area (Å²) in [5.74, 6) is -3.39. The number of amides is 2. The number of Topliss-reactive ketones (excluding diaryl/α,β-unsaturated/α-hetero) is 1. The molecule has 1 aromatic heterocycles. The number of carbonyl (C=O) groups is 3. The number of morpholine rings is 1. The van der Waals surface area contributed by atoms with Gasteiger partial charge >= 0.3 is 6.18 Å². The highest BCUT2D eigenvalue weighted by molar-refractivity contribution is 6.32. The highest BCUT2D eigenvalue weighted by Crippen LogP contribution is 2.46. The predicted molar refractivity (Wildman–Crippen MR) is 163 cm³/mol. The van der Waals surface area contributed by atoms with Crippen molar-refractivity contribution in [3.05, 3.63) is 75.4 Å². The first-order valence-corrected chi connectivity index (χ1v) is 15.0. The molecule has 0 spiro atoms. The minimum absolute atomic E-state index is 0.00332. The Bertz CT molecular complexity index is 1600. The fourth-order valence-corrected chi connectivity index (χ4v) is 6.06. The van der Waals surface area contributed by atoms with Crippen molar-refractivity contribution < 1.29 is 41.1 Å². The molecule has 1 fully saturated rings. The number of ketones is 1. The maximum atomic E-state index is 15.3. The van der Waals surface area contributed by atoms with Crippen LogP contribution in [0.1, 0.15) is 66.2 Å². The third-order valence-corrected chi connectivity index (χ3v) is 8.28. The van der Waals surface area contributed by atoms with Crippen LogP contribution in [-0.2, 0) is 27.7 Å². The number of nitrogens with one attached hydrogen (secondary N) is 2. The molecule has 0 saturated carbocycles. The van der Waals surface area contributed by atoms with Crippen LogP contribution >= 0.6 is 11.6 Å². The Hall–Kier alpha value is -3.55. The number of aromatic nitrogens is 1. The number of hydrogen-bond donors (Lipinski definition) is 2. The molecular formula is C32H36ClF5N4O4. The molecule has 46 heavy (non-hydrogen) atoms. The Balaban J connectivity index is 1.84. The van der Waals surface area contributed by atoms with Crippen molar-refractivity contribution in [2.24, 2.45) is 0 Å². The molecule has 2 amide bonds. The van der Waals surface area contributed by atoms with Crippen LogP contribution in [0.15, 0.2) is 47.0 Å². The Labute approximate surface area is 268 Å². The van der Waals surface area contributed by atoms with Crippen LogP contribution in [0.25, 0.3) is 0 Å². The van der Waals surface area contributed by atoms with Gasteiger partial charge in [0.1, 0.15) is 23.0 Å². The molecule has 250 valence electrons. The van der Waals surface area contributed by atoms with Crippen LogP contribution in [0.2, 0.25) is 0 Å². The van der Waals surface area contributed by atoms with Gasteiger partial charge in [-0.15, -0.1) is 0 Å². The summed E-state index contributed by atoms with van der Waals surface area (Å²) >= 11 is 6.57. The highest BCUT2D eigenvalue weighted by Gasteiger charge is 2.40. The molecule has 14 heteroatoms. The number of alkyl halides is 4. The van der Waals surface area contributed by atoms with Gasteiger partial charge in [0, 0.05) is 42.1 Å². The summed E-state index contributed by atoms with van der Waals surface area (Å²) in [6.07, 6.45) is -2.42. The zero-order valence-corrected chi connectivity index (χ0v) is 26.8. The second-order valence-corrected chi connectivity index (χ2v) is 12.9. The number of halogens is 6. The molecule has 2 N–H and O–H groups in total. The van der Waals surface area contributed by atoms with Gasteiger partial charge in [-0.2, -0.15) is 13.2 Å². The van der Waals surface area contributed by atoms with Gasteiger partial charge in [-0.25, -0.2) is 8.78 Å². The Morgan fingerprint density at radius 1 is 1.13 bits per heavy atom. The molecular weight excluding hydrogens is 635 g/mol. The van der Waals surface area contributed by atoms with E-state index in [2.05, 4.69) is 10.6 Å². The predicted octanol–water partition coefficient (Wildman–Crippen LogP) is 6.01. The van der Waals surface area contributed by atoms with Crippen LogP contribution in [0.3, 0.4) is 0 Å². The Morgan fingerprint density at radius 2 is 1.83 bits per heavy atom. The first-order chi connectivity index (χ1) is 21.3. The largest absolute Gasteiger partial charge is 0.416 e. The number of nitrogens with zero attached hydrogens (tertiary/aromatic N) is 2. The van der Waals surface area contributed by atoms with E-state index in [1.54, 1.807) is 13.8 Å². The Morgan fingerprint density at radius 3 is 2.46 bits per heavy atom. The van der Waals surface area contributed by atoms with E-state index in [0.29, 0.717) is 30.9 Å². The van der Waals surface area contributed by atoms with Gasteiger partial charge in [0.15, 0.2) is 0 Å². The topological polar surface area (TPSA) is 92.7 Å². The molecule has 2 aromatic rings. The van der Waals surface area contributed by atoms with Gasteiger partial charge in [-0.3, -0.25) is 14.4 Å². The van der Waals surface area contributed by atoms with Crippen molar-refractivity contribution in [1.82, 2.24) is 14.8 Å². The lowest BCUT2D eigenvalue weighted by Gasteiger charge is -2.35. The molecule has 1 aliphatic carbocycles.